The van der Waals surface area contributed by atoms with Gasteiger partial charge in [0.05, 0.1) is 11.3 Å². The van der Waals surface area contributed by atoms with Crippen LogP contribution in [0.1, 0.15) is 28.8 Å². The molecular formula is C15H15ClN4O. The van der Waals surface area contributed by atoms with Crippen LogP contribution in [-0.4, -0.2) is 21.9 Å². The first-order valence-corrected chi connectivity index (χ1v) is 6.77. The summed E-state index contributed by atoms with van der Waals surface area (Å²) >= 11 is 0. The minimum atomic E-state index is -0.117. The van der Waals surface area contributed by atoms with Crippen LogP contribution in [0.15, 0.2) is 30.6 Å². The van der Waals surface area contributed by atoms with E-state index in [0.29, 0.717) is 17.4 Å². The van der Waals surface area contributed by atoms with Crippen LogP contribution in [-0.2, 0) is 0 Å². The van der Waals surface area contributed by atoms with Crippen molar-refractivity contribution in [2.24, 2.45) is 0 Å². The summed E-state index contributed by atoms with van der Waals surface area (Å²) in [7, 11) is 0. The number of amides is 1. The van der Waals surface area contributed by atoms with E-state index in [1.165, 1.54) is 0 Å². The average molecular weight is 303 g/mol. The van der Waals surface area contributed by atoms with Crippen LogP contribution in [0.4, 0.5) is 17.3 Å². The molecule has 0 unspecified atom stereocenters. The minimum absolute atomic E-state index is 0. The Bertz CT molecular complexity index is 715. The van der Waals surface area contributed by atoms with Crippen molar-refractivity contribution < 1.29 is 4.79 Å². The smallest absolute Gasteiger partial charge is 0.259 e. The van der Waals surface area contributed by atoms with Crippen LogP contribution >= 0.6 is 12.4 Å². The largest absolute Gasteiger partial charge is 0.318 e. The summed E-state index contributed by atoms with van der Waals surface area (Å²) in [6.07, 6.45) is 5.73. The second-order valence-electron chi connectivity index (χ2n) is 5.26. The average Bonchev–Trinajstić information content (AvgIpc) is 3.27. The number of aryl methyl sites for hydroxylation is 1. The number of fused-ring (bicyclic) bond motifs is 2. The zero-order valence-corrected chi connectivity index (χ0v) is 12.4. The molecule has 1 fully saturated rings. The van der Waals surface area contributed by atoms with Gasteiger partial charge >= 0.3 is 0 Å². The highest BCUT2D eigenvalue weighted by atomic mass is 35.5. The molecule has 0 radical (unpaired) electrons. The third-order valence-corrected chi connectivity index (χ3v) is 3.78. The van der Waals surface area contributed by atoms with Gasteiger partial charge in [-0.3, -0.25) is 4.79 Å². The van der Waals surface area contributed by atoms with Crippen molar-refractivity contribution in [1.29, 1.82) is 0 Å². The first-order chi connectivity index (χ1) is 9.75. The predicted octanol–water partition coefficient (Wildman–Crippen LogP) is 3.07. The quantitative estimate of drug-likeness (QED) is 0.879. The Morgan fingerprint density at radius 3 is 2.71 bits per heavy atom. The molecule has 1 aliphatic carbocycles. The highest BCUT2D eigenvalue weighted by Crippen LogP contribution is 2.43. The molecule has 0 bridgehead atoms. The lowest BCUT2D eigenvalue weighted by molar-refractivity contribution is 0.102. The van der Waals surface area contributed by atoms with Gasteiger partial charge < -0.3 is 10.2 Å². The van der Waals surface area contributed by atoms with Crippen LogP contribution in [0.5, 0.6) is 0 Å². The molecule has 21 heavy (non-hydrogen) atoms. The van der Waals surface area contributed by atoms with E-state index in [1.807, 2.05) is 19.1 Å². The number of pyridine rings is 2. The van der Waals surface area contributed by atoms with E-state index in [-0.39, 0.29) is 18.3 Å². The van der Waals surface area contributed by atoms with Gasteiger partial charge in [0, 0.05) is 18.4 Å². The van der Waals surface area contributed by atoms with Crippen LogP contribution < -0.4 is 10.2 Å². The first kappa shape index (κ1) is 13.8. The molecule has 5 nitrogen and oxygen atoms in total. The number of rotatable bonds is 1. The molecule has 3 heterocycles. The van der Waals surface area contributed by atoms with Crippen LogP contribution in [0.3, 0.4) is 0 Å². The number of anilines is 3. The number of aromatic nitrogens is 2. The monoisotopic (exact) mass is 302 g/mol. The van der Waals surface area contributed by atoms with Crippen LogP contribution in [0, 0.1) is 6.92 Å². The summed E-state index contributed by atoms with van der Waals surface area (Å²) in [5, 5.41) is 2.98. The standard InChI is InChI=1S/C15H14N4O.ClH/c1-9-6-8-17-14-12(9)18-15(20)11-3-2-7-16-13(11)19(14)10-4-5-10;/h2-3,6-8,10H,4-5H2,1H3,(H,18,20);1H. The predicted molar refractivity (Wildman–Crippen MR) is 83.6 cm³/mol. The van der Waals surface area contributed by atoms with Crippen molar-refractivity contribution in [1.82, 2.24) is 9.97 Å². The fourth-order valence-electron chi connectivity index (χ4n) is 2.61. The van der Waals surface area contributed by atoms with Gasteiger partial charge in [0.2, 0.25) is 0 Å². The third-order valence-electron chi connectivity index (χ3n) is 3.78. The van der Waals surface area contributed by atoms with Crippen molar-refractivity contribution in [3.05, 3.63) is 41.7 Å². The first-order valence-electron chi connectivity index (χ1n) is 6.77. The Morgan fingerprint density at radius 1 is 1.19 bits per heavy atom. The molecule has 1 aliphatic heterocycles. The molecule has 0 saturated heterocycles. The Labute approximate surface area is 128 Å². The Balaban J connectivity index is 0.00000132. The maximum atomic E-state index is 12.4. The van der Waals surface area contributed by atoms with Crippen molar-refractivity contribution in [3.8, 4) is 0 Å². The van der Waals surface area contributed by atoms with Crippen molar-refractivity contribution >= 4 is 35.6 Å². The van der Waals surface area contributed by atoms with Crippen molar-refractivity contribution in [2.45, 2.75) is 25.8 Å². The van der Waals surface area contributed by atoms with Gasteiger partial charge in [0.15, 0.2) is 5.82 Å². The third kappa shape index (κ3) is 2.14. The fourth-order valence-corrected chi connectivity index (χ4v) is 2.61. The molecule has 0 atom stereocenters. The minimum Gasteiger partial charge on any atom is -0.318 e. The van der Waals surface area contributed by atoms with Gasteiger partial charge in [-0.25, -0.2) is 9.97 Å². The number of carbonyl (C=O) groups is 1. The van der Waals surface area contributed by atoms with Gasteiger partial charge in [-0.15, -0.1) is 12.4 Å². The van der Waals surface area contributed by atoms with Gasteiger partial charge in [-0.2, -0.15) is 0 Å². The molecule has 4 rings (SSSR count). The second-order valence-corrected chi connectivity index (χ2v) is 5.26. The van der Waals surface area contributed by atoms with Gasteiger partial charge in [0.25, 0.3) is 5.91 Å². The summed E-state index contributed by atoms with van der Waals surface area (Å²) in [5.74, 6) is 1.40. The topological polar surface area (TPSA) is 58.1 Å². The Hall–Kier alpha value is -2.14. The molecule has 1 N–H and O–H groups in total. The van der Waals surface area contributed by atoms with E-state index in [4.69, 9.17) is 0 Å². The number of hydrogen-bond donors (Lipinski definition) is 1. The molecule has 2 aromatic heterocycles. The summed E-state index contributed by atoms with van der Waals surface area (Å²) in [5.41, 5.74) is 2.42. The van der Waals surface area contributed by atoms with Crippen LogP contribution in [0.2, 0.25) is 0 Å². The molecular weight excluding hydrogens is 288 g/mol. The highest BCUT2D eigenvalue weighted by molar-refractivity contribution is 6.11. The lowest BCUT2D eigenvalue weighted by atomic mass is 10.2. The highest BCUT2D eigenvalue weighted by Gasteiger charge is 2.37. The zero-order valence-electron chi connectivity index (χ0n) is 11.5. The summed E-state index contributed by atoms with van der Waals surface area (Å²) in [4.78, 5) is 23.4. The van der Waals surface area contributed by atoms with E-state index >= 15 is 0 Å². The Morgan fingerprint density at radius 2 is 1.95 bits per heavy atom. The van der Waals surface area contributed by atoms with Crippen molar-refractivity contribution in [3.63, 3.8) is 0 Å². The second kappa shape index (κ2) is 5.00. The van der Waals surface area contributed by atoms with Crippen molar-refractivity contribution in [2.75, 3.05) is 10.2 Å². The van der Waals surface area contributed by atoms with Gasteiger partial charge in [0.1, 0.15) is 5.82 Å². The number of halogens is 1. The summed E-state index contributed by atoms with van der Waals surface area (Å²) < 4.78 is 0. The van der Waals surface area contributed by atoms with Crippen LogP contribution in [0.25, 0.3) is 0 Å². The number of nitrogens with one attached hydrogen (secondary N) is 1. The molecule has 1 saturated carbocycles. The van der Waals surface area contributed by atoms with E-state index in [2.05, 4.69) is 20.2 Å². The molecule has 0 spiro atoms. The number of hydrogen-bond acceptors (Lipinski definition) is 4. The maximum absolute atomic E-state index is 12.4. The van der Waals surface area contributed by atoms with E-state index in [1.54, 1.807) is 18.5 Å². The molecule has 2 aromatic rings. The van der Waals surface area contributed by atoms with Gasteiger partial charge in [-0.05, 0) is 43.5 Å². The fraction of sp³-hybridized carbons (Fsp3) is 0.267. The molecule has 6 heteroatoms. The maximum Gasteiger partial charge on any atom is 0.259 e. The SMILES string of the molecule is Cc1ccnc2c1NC(=O)c1cccnc1N2C1CC1.Cl. The zero-order chi connectivity index (χ0) is 13.7. The Kier molecular flexibility index (Phi) is 3.29. The molecule has 108 valence electrons. The van der Waals surface area contributed by atoms with Gasteiger partial charge in [-0.1, -0.05) is 0 Å². The lowest BCUT2D eigenvalue weighted by Gasteiger charge is -2.23. The van der Waals surface area contributed by atoms with E-state index in [0.717, 1.165) is 29.9 Å². The number of nitrogens with zero attached hydrogens (tertiary/aromatic N) is 3. The number of carbonyl (C=O) groups excluding carboxylic acids is 1. The van der Waals surface area contributed by atoms with E-state index in [9.17, 15) is 4.79 Å². The summed E-state index contributed by atoms with van der Waals surface area (Å²) in [6, 6.07) is 5.91. The summed E-state index contributed by atoms with van der Waals surface area (Å²) in [6.45, 7) is 1.98. The molecule has 0 aromatic carbocycles. The van der Waals surface area contributed by atoms with E-state index < -0.39 is 0 Å². The molecule has 1 amide bonds. The lowest BCUT2D eigenvalue weighted by Crippen LogP contribution is -2.22. The molecule has 2 aliphatic rings. The normalized spacial score (nSPS) is 16.2.